The number of urea groups is 1. The number of aliphatic hydroxyl groups is 2. The Hall–Kier alpha value is -1.94. The fourth-order valence-electron chi connectivity index (χ4n) is 2.42. The van der Waals surface area contributed by atoms with Crippen LogP contribution >= 0.6 is 0 Å². The molecule has 0 aliphatic carbocycles. The minimum Gasteiger partial charge on any atom is -0.491 e. The SMILES string of the molecule is O=C(NCCNC[C@H](O)COc1ccc(F)c(CO)c1)N1CCOCC1. The van der Waals surface area contributed by atoms with E-state index in [-0.39, 0.29) is 18.2 Å². The standard InChI is InChI=1S/C17H26FN3O5/c18-16-2-1-15(9-13(16)11-22)26-12-14(23)10-19-3-4-20-17(24)21-5-7-25-8-6-21/h1-2,9,14,19,22-23H,3-8,10-12H2,(H,20,24)/t14-/m0/s1. The average molecular weight is 371 g/mol. The van der Waals surface area contributed by atoms with Crippen molar-refractivity contribution in [1.82, 2.24) is 15.5 Å². The van der Waals surface area contributed by atoms with Gasteiger partial charge in [0.05, 0.1) is 19.8 Å². The van der Waals surface area contributed by atoms with Crippen molar-refractivity contribution in [2.75, 3.05) is 52.5 Å². The van der Waals surface area contributed by atoms with Crippen LogP contribution < -0.4 is 15.4 Å². The van der Waals surface area contributed by atoms with Crippen molar-refractivity contribution in [3.63, 3.8) is 0 Å². The zero-order chi connectivity index (χ0) is 18.8. The molecule has 4 N–H and O–H groups in total. The van der Waals surface area contributed by atoms with E-state index in [9.17, 15) is 14.3 Å². The number of rotatable bonds is 9. The molecule has 2 amide bonds. The van der Waals surface area contributed by atoms with Gasteiger partial charge in [-0.2, -0.15) is 0 Å². The van der Waals surface area contributed by atoms with Crippen molar-refractivity contribution in [1.29, 1.82) is 0 Å². The van der Waals surface area contributed by atoms with E-state index in [1.807, 2.05) is 0 Å². The van der Waals surface area contributed by atoms with Gasteiger partial charge in [0.1, 0.15) is 24.3 Å². The zero-order valence-corrected chi connectivity index (χ0v) is 14.6. The molecule has 0 unspecified atom stereocenters. The van der Waals surface area contributed by atoms with Crippen LogP contribution in [0.15, 0.2) is 18.2 Å². The van der Waals surface area contributed by atoms with E-state index in [2.05, 4.69) is 10.6 Å². The molecule has 1 aliphatic rings. The number of halogens is 1. The molecule has 1 fully saturated rings. The summed E-state index contributed by atoms with van der Waals surface area (Å²) >= 11 is 0. The van der Waals surface area contributed by atoms with Gasteiger partial charge in [-0.05, 0) is 18.2 Å². The summed E-state index contributed by atoms with van der Waals surface area (Å²) in [6.45, 7) is 3.18. The Morgan fingerprint density at radius 1 is 1.35 bits per heavy atom. The summed E-state index contributed by atoms with van der Waals surface area (Å²) in [5, 5.41) is 24.7. The highest BCUT2D eigenvalue weighted by Gasteiger charge is 2.15. The summed E-state index contributed by atoms with van der Waals surface area (Å²) < 4.78 is 23.8. The van der Waals surface area contributed by atoms with Crippen molar-refractivity contribution < 1.29 is 28.9 Å². The first kappa shape index (κ1) is 20.4. The topological polar surface area (TPSA) is 103 Å². The number of carbonyl (C=O) groups excluding carboxylic acids is 1. The molecule has 1 aromatic rings. The number of morpholine rings is 1. The Morgan fingerprint density at radius 2 is 2.12 bits per heavy atom. The van der Waals surface area contributed by atoms with Gasteiger partial charge in [0.2, 0.25) is 0 Å². The van der Waals surface area contributed by atoms with E-state index in [1.54, 1.807) is 4.90 Å². The van der Waals surface area contributed by atoms with Gasteiger partial charge in [0.15, 0.2) is 0 Å². The third-order valence-electron chi connectivity index (χ3n) is 3.89. The van der Waals surface area contributed by atoms with Crippen molar-refractivity contribution in [2.24, 2.45) is 0 Å². The van der Waals surface area contributed by atoms with Gasteiger partial charge in [-0.25, -0.2) is 9.18 Å². The monoisotopic (exact) mass is 371 g/mol. The molecule has 1 heterocycles. The Labute approximate surface area is 151 Å². The van der Waals surface area contributed by atoms with Gasteiger partial charge in [-0.15, -0.1) is 0 Å². The van der Waals surface area contributed by atoms with E-state index in [4.69, 9.17) is 14.6 Å². The zero-order valence-electron chi connectivity index (χ0n) is 14.6. The number of hydrogen-bond acceptors (Lipinski definition) is 6. The number of hydrogen-bond donors (Lipinski definition) is 4. The largest absolute Gasteiger partial charge is 0.491 e. The summed E-state index contributed by atoms with van der Waals surface area (Å²) in [4.78, 5) is 13.6. The molecule has 9 heteroatoms. The second-order valence-corrected chi connectivity index (χ2v) is 5.91. The Kier molecular flexibility index (Phi) is 8.56. The van der Waals surface area contributed by atoms with E-state index in [1.165, 1.54) is 18.2 Å². The molecular weight excluding hydrogens is 345 g/mol. The molecule has 8 nitrogen and oxygen atoms in total. The number of ether oxygens (including phenoxy) is 2. The van der Waals surface area contributed by atoms with Gasteiger partial charge in [0, 0.05) is 38.3 Å². The third-order valence-corrected chi connectivity index (χ3v) is 3.89. The highest BCUT2D eigenvalue weighted by molar-refractivity contribution is 5.74. The number of carbonyl (C=O) groups is 1. The van der Waals surface area contributed by atoms with Crippen LogP contribution in [0.4, 0.5) is 9.18 Å². The second kappa shape index (κ2) is 10.9. The molecule has 1 saturated heterocycles. The van der Waals surface area contributed by atoms with Crippen molar-refractivity contribution in [2.45, 2.75) is 12.7 Å². The Bertz CT molecular complexity index is 569. The van der Waals surface area contributed by atoms with Gasteiger partial charge < -0.3 is 35.2 Å². The summed E-state index contributed by atoms with van der Waals surface area (Å²) in [5.41, 5.74) is 0.145. The van der Waals surface area contributed by atoms with E-state index in [0.29, 0.717) is 51.7 Å². The van der Waals surface area contributed by atoms with Gasteiger partial charge in [0.25, 0.3) is 0 Å². The third kappa shape index (κ3) is 6.75. The van der Waals surface area contributed by atoms with Crippen LogP contribution in [0.25, 0.3) is 0 Å². The molecule has 0 bridgehead atoms. The van der Waals surface area contributed by atoms with Crippen molar-refractivity contribution in [3.05, 3.63) is 29.6 Å². The Balaban J connectivity index is 1.56. The number of aliphatic hydroxyl groups excluding tert-OH is 2. The molecule has 1 atom stereocenters. The Morgan fingerprint density at radius 3 is 2.85 bits per heavy atom. The van der Waals surface area contributed by atoms with Crippen LogP contribution in [0, 0.1) is 5.82 Å². The fraction of sp³-hybridized carbons (Fsp3) is 0.588. The minimum atomic E-state index is -0.757. The maximum absolute atomic E-state index is 13.3. The van der Waals surface area contributed by atoms with E-state index in [0.717, 1.165) is 0 Å². The van der Waals surface area contributed by atoms with Crippen LogP contribution in [0.3, 0.4) is 0 Å². The molecular formula is C17H26FN3O5. The van der Waals surface area contributed by atoms with E-state index >= 15 is 0 Å². The summed E-state index contributed by atoms with van der Waals surface area (Å²) in [6, 6.07) is 3.93. The molecule has 0 radical (unpaired) electrons. The lowest BCUT2D eigenvalue weighted by Crippen LogP contribution is -2.47. The summed E-state index contributed by atoms with van der Waals surface area (Å²) in [6.07, 6.45) is -0.757. The van der Waals surface area contributed by atoms with Gasteiger partial charge in [-0.3, -0.25) is 0 Å². The van der Waals surface area contributed by atoms with Gasteiger partial charge in [-0.1, -0.05) is 0 Å². The molecule has 0 aromatic heterocycles. The molecule has 26 heavy (non-hydrogen) atoms. The predicted octanol–water partition coefficient (Wildman–Crippen LogP) is -0.311. The minimum absolute atomic E-state index is 0.0314. The van der Waals surface area contributed by atoms with Crippen molar-refractivity contribution >= 4 is 6.03 Å². The lowest BCUT2D eigenvalue weighted by molar-refractivity contribution is 0.0532. The molecule has 2 rings (SSSR count). The first-order valence-corrected chi connectivity index (χ1v) is 8.61. The highest BCUT2D eigenvalue weighted by atomic mass is 19.1. The van der Waals surface area contributed by atoms with Crippen molar-refractivity contribution in [3.8, 4) is 5.75 Å². The quantitative estimate of drug-likeness (QED) is 0.444. The molecule has 1 aromatic carbocycles. The highest BCUT2D eigenvalue weighted by Crippen LogP contribution is 2.17. The van der Waals surface area contributed by atoms with Crippen LogP contribution in [-0.4, -0.2) is 79.8 Å². The molecule has 1 aliphatic heterocycles. The maximum Gasteiger partial charge on any atom is 0.317 e. The van der Waals surface area contributed by atoms with Crippen LogP contribution in [-0.2, 0) is 11.3 Å². The number of amides is 2. The van der Waals surface area contributed by atoms with Crippen LogP contribution in [0.2, 0.25) is 0 Å². The number of nitrogens with one attached hydrogen (secondary N) is 2. The molecule has 146 valence electrons. The number of nitrogens with zero attached hydrogens (tertiary/aromatic N) is 1. The first-order valence-electron chi connectivity index (χ1n) is 8.61. The van der Waals surface area contributed by atoms with Crippen LogP contribution in [0.5, 0.6) is 5.75 Å². The van der Waals surface area contributed by atoms with E-state index < -0.39 is 18.5 Å². The predicted molar refractivity (Wildman–Crippen MR) is 92.5 cm³/mol. The number of benzene rings is 1. The van der Waals surface area contributed by atoms with Crippen LogP contribution in [0.1, 0.15) is 5.56 Å². The normalized spacial score (nSPS) is 15.6. The average Bonchev–Trinajstić information content (AvgIpc) is 2.67. The second-order valence-electron chi connectivity index (χ2n) is 5.91. The summed E-state index contributed by atoms with van der Waals surface area (Å²) in [5.74, 6) is -0.117. The maximum atomic E-state index is 13.3. The lowest BCUT2D eigenvalue weighted by Gasteiger charge is -2.27. The lowest BCUT2D eigenvalue weighted by atomic mass is 10.2. The smallest absolute Gasteiger partial charge is 0.317 e. The first-order chi connectivity index (χ1) is 12.6. The fourth-order valence-corrected chi connectivity index (χ4v) is 2.42. The molecule has 0 saturated carbocycles. The molecule has 0 spiro atoms. The van der Waals surface area contributed by atoms with Gasteiger partial charge >= 0.3 is 6.03 Å². The summed E-state index contributed by atoms with van der Waals surface area (Å²) in [7, 11) is 0.